The molecule has 0 saturated heterocycles. The zero-order valence-corrected chi connectivity index (χ0v) is 10.8. The number of nitrogens with one attached hydrogen (secondary N) is 1. The molecule has 2 rings (SSSR count). The van der Waals surface area contributed by atoms with Crippen molar-refractivity contribution in [3.63, 3.8) is 0 Å². The molecule has 0 aliphatic rings. The molecule has 0 radical (unpaired) electrons. The lowest BCUT2D eigenvalue weighted by Gasteiger charge is -2.07. The van der Waals surface area contributed by atoms with E-state index in [4.69, 9.17) is 0 Å². The van der Waals surface area contributed by atoms with Crippen molar-refractivity contribution in [3.05, 3.63) is 47.8 Å². The first kappa shape index (κ1) is 13.6. The maximum atomic E-state index is 13.0. The van der Waals surface area contributed by atoms with Crippen LogP contribution in [-0.2, 0) is 23.6 Å². The van der Waals surface area contributed by atoms with Crippen molar-refractivity contribution >= 4 is 10.0 Å². The van der Waals surface area contributed by atoms with Crippen LogP contribution in [0.25, 0.3) is 0 Å². The largest absolute Gasteiger partial charge is 0.271 e. The van der Waals surface area contributed by atoms with Crippen LogP contribution < -0.4 is 4.72 Å². The third kappa shape index (κ3) is 2.96. The van der Waals surface area contributed by atoms with Gasteiger partial charge >= 0.3 is 0 Å². The number of hydrogen-bond acceptors (Lipinski definition) is 3. The van der Waals surface area contributed by atoms with Gasteiger partial charge in [0.25, 0.3) is 0 Å². The summed E-state index contributed by atoms with van der Waals surface area (Å²) in [5.41, 5.74) is 0.645. The molecule has 0 atom stereocenters. The summed E-state index contributed by atoms with van der Waals surface area (Å²) in [6.45, 7) is 0.0117. The van der Waals surface area contributed by atoms with E-state index in [9.17, 15) is 17.2 Å². The number of halogens is 2. The maximum absolute atomic E-state index is 13.0. The van der Waals surface area contributed by atoms with E-state index in [1.165, 1.54) is 10.9 Å². The lowest BCUT2D eigenvalue weighted by atomic mass is 10.3. The van der Waals surface area contributed by atoms with Gasteiger partial charge < -0.3 is 0 Å². The predicted molar refractivity (Wildman–Crippen MR) is 63.6 cm³/mol. The molecule has 0 aliphatic carbocycles. The second kappa shape index (κ2) is 5.06. The molecular formula is C11H11F2N3O2S. The topological polar surface area (TPSA) is 64.0 Å². The van der Waals surface area contributed by atoms with Gasteiger partial charge in [0, 0.05) is 13.2 Å². The maximum Gasteiger partial charge on any atom is 0.241 e. The summed E-state index contributed by atoms with van der Waals surface area (Å²) in [6, 6.07) is 4.06. The molecule has 0 unspecified atom stereocenters. The zero-order valence-electron chi connectivity index (χ0n) is 9.97. The van der Waals surface area contributed by atoms with Crippen LogP contribution in [0.1, 0.15) is 5.69 Å². The molecule has 0 saturated carbocycles. The first-order valence-electron chi connectivity index (χ1n) is 5.32. The Kier molecular flexibility index (Phi) is 3.63. The molecule has 102 valence electrons. The third-order valence-electron chi connectivity index (χ3n) is 2.57. The second-order valence-corrected chi connectivity index (χ2v) is 5.61. The summed E-state index contributed by atoms with van der Waals surface area (Å²) >= 11 is 0. The van der Waals surface area contributed by atoms with Gasteiger partial charge in [-0.2, -0.15) is 5.10 Å². The number of aryl methyl sites for hydroxylation is 1. The first-order valence-corrected chi connectivity index (χ1v) is 6.80. The van der Waals surface area contributed by atoms with E-state index in [-0.39, 0.29) is 11.4 Å². The smallest absolute Gasteiger partial charge is 0.241 e. The van der Waals surface area contributed by atoms with Crippen molar-refractivity contribution in [3.8, 4) is 0 Å². The van der Waals surface area contributed by atoms with Gasteiger partial charge in [-0.25, -0.2) is 21.9 Å². The van der Waals surface area contributed by atoms with Gasteiger partial charge in [-0.1, -0.05) is 0 Å². The predicted octanol–water partition coefficient (Wildman–Crippen LogP) is 1.18. The van der Waals surface area contributed by atoms with E-state index in [0.717, 1.165) is 12.1 Å². The highest BCUT2D eigenvalue weighted by Gasteiger charge is 2.16. The number of aromatic nitrogens is 2. The average molecular weight is 287 g/mol. The van der Waals surface area contributed by atoms with E-state index >= 15 is 0 Å². The summed E-state index contributed by atoms with van der Waals surface area (Å²) in [4.78, 5) is -0.325. The normalized spacial score (nSPS) is 11.7. The van der Waals surface area contributed by atoms with Crippen LogP contribution in [0.2, 0.25) is 0 Å². The third-order valence-corrected chi connectivity index (χ3v) is 3.97. The Hall–Kier alpha value is -1.80. The van der Waals surface area contributed by atoms with Crippen LogP contribution in [-0.4, -0.2) is 18.2 Å². The fraction of sp³-hybridized carbons (Fsp3) is 0.182. The van der Waals surface area contributed by atoms with Gasteiger partial charge in [-0.05, 0) is 24.3 Å². The van der Waals surface area contributed by atoms with Crippen molar-refractivity contribution in [2.24, 2.45) is 7.05 Å². The fourth-order valence-corrected chi connectivity index (χ4v) is 2.48. The minimum Gasteiger partial charge on any atom is -0.271 e. The summed E-state index contributed by atoms with van der Waals surface area (Å²) < 4.78 is 53.3. The van der Waals surface area contributed by atoms with Crippen molar-refractivity contribution in [1.29, 1.82) is 0 Å². The van der Waals surface area contributed by atoms with Crippen LogP contribution in [0.5, 0.6) is 0 Å². The molecule has 1 heterocycles. The van der Waals surface area contributed by atoms with Gasteiger partial charge in [0.1, 0.15) is 0 Å². The van der Waals surface area contributed by atoms with Crippen LogP contribution in [0.15, 0.2) is 35.4 Å². The molecule has 0 fully saturated rings. The molecule has 1 aromatic heterocycles. The summed E-state index contributed by atoms with van der Waals surface area (Å²) in [6.07, 6.45) is 1.53. The van der Waals surface area contributed by atoms with E-state index in [2.05, 4.69) is 9.82 Å². The zero-order chi connectivity index (χ0) is 14.0. The highest BCUT2D eigenvalue weighted by molar-refractivity contribution is 7.89. The number of benzene rings is 1. The van der Waals surface area contributed by atoms with E-state index in [1.54, 1.807) is 13.1 Å². The number of rotatable bonds is 4. The molecule has 19 heavy (non-hydrogen) atoms. The Morgan fingerprint density at radius 1 is 1.26 bits per heavy atom. The van der Waals surface area contributed by atoms with Gasteiger partial charge in [-0.3, -0.25) is 4.68 Å². The molecule has 2 aromatic rings. The Morgan fingerprint density at radius 3 is 2.58 bits per heavy atom. The Morgan fingerprint density at radius 2 is 2.00 bits per heavy atom. The molecule has 0 spiro atoms. The highest BCUT2D eigenvalue weighted by Crippen LogP contribution is 2.14. The number of hydrogen-bond donors (Lipinski definition) is 1. The molecule has 1 N–H and O–H groups in total. The van der Waals surface area contributed by atoms with Gasteiger partial charge in [0.2, 0.25) is 10.0 Å². The minimum absolute atomic E-state index is 0.0117. The average Bonchev–Trinajstić information content (AvgIpc) is 2.76. The van der Waals surface area contributed by atoms with Crippen molar-refractivity contribution in [1.82, 2.24) is 14.5 Å². The molecule has 5 nitrogen and oxygen atoms in total. The van der Waals surface area contributed by atoms with Gasteiger partial charge in [0.15, 0.2) is 11.6 Å². The SMILES string of the molecule is Cn1nccc1CNS(=O)(=O)c1ccc(F)c(F)c1. The number of sulfonamides is 1. The summed E-state index contributed by atoms with van der Waals surface area (Å²) in [5, 5.41) is 3.89. The monoisotopic (exact) mass is 287 g/mol. The Bertz CT molecular complexity index is 698. The summed E-state index contributed by atoms with van der Waals surface area (Å²) in [7, 11) is -2.22. The van der Waals surface area contributed by atoms with E-state index in [0.29, 0.717) is 11.8 Å². The highest BCUT2D eigenvalue weighted by atomic mass is 32.2. The quantitative estimate of drug-likeness (QED) is 0.918. The van der Waals surface area contributed by atoms with E-state index in [1.807, 2.05) is 0 Å². The minimum atomic E-state index is -3.89. The molecule has 0 aliphatic heterocycles. The van der Waals surface area contributed by atoms with Gasteiger partial charge in [0.05, 0.1) is 17.1 Å². The Labute approximate surface area is 108 Å². The van der Waals surface area contributed by atoms with Gasteiger partial charge in [-0.15, -0.1) is 0 Å². The standard InChI is InChI=1S/C11H11F2N3O2S/c1-16-8(4-5-14-16)7-15-19(17,18)9-2-3-10(12)11(13)6-9/h2-6,15H,7H2,1H3. The number of nitrogens with zero attached hydrogens (tertiary/aromatic N) is 2. The van der Waals surface area contributed by atoms with Crippen molar-refractivity contribution < 1.29 is 17.2 Å². The van der Waals surface area contributed by atoms with Crippen LogP contribution >= 0.6 is 0 Å². The lowest BCUT2D eigenvalue weighted by Crippen LogP contribution is -2.24. The Balaban J connectivity index is 2.18. The second-order valence-electron chi connectivity index (χ2n) is 3.85. The van der Waals surface area contributed by atoms with Crippen molar-refractivity contribution in [2.75, 3.05) is 0 Å². The first-order chi connectivity index (χ1) is 8.90. The molecule has 1 aromatic carbocycles. The fourth-order valence-electron chi connectivity index (χ4n) is 1.47. The summed E-state index contributed by atoms with van der Waals surface area (Å²) in [5.74, 6) is -2.30. The van der Waals surface area contributed by atoms with Crippen LogP contribution in [0.4, 0.5) is 8.78 Å². The molecule has 0 bridgehead atoms. The van der Waals surface area contributed by atoms with Crippen LogP contribution in [0.3, 0.4) is 0 Å². The molecular weight excluding hydrogens is 276 g/mol. The molecule has 8 heteroatoms. The van der Waals surface area contributed by atoms with Crippen molar-refractivity contribution in [2.45, 2.75) is 11.4 Å². The van der Waals surface area contributed by atoms with Crippen LogP contribution in [0, 0.1) is 11.6 Å². The molecule has 0 amide bonds. The van der Waals surface area contributed by atoms with E-state index < -0.39 is 21.7 Å². The lowest BCUT2D eigenvalue weighted by molar-refractivity contribution is 0.504.